The minimum Gasteiger partial charge on any atom is -0.462 e. The number of nitrogens with zero attached hydrogens (tertiary/aromatic N) is 2. The first-order valence-electron chi connectivity index (χ1n) is 7.66. The number of carbonyl (C=O) groups is 2. The molecule has 0 saturated carbocycles. The van der Waals surface area contributed by atoms with Gasteiger partial charge in [-0.15, -0.1) is 0 Å². The molecule has 0 spiro atoms. The molecule has 2 amide bonds. The highest BCUT2D eigenvalue weighted by Gasteiger charge is 2.15. The van der Waals surface area contributed by atoms with Crippen LogP contribution in [0.25, 0.3) is 5.52 Å². The summed E-state index contributed by atoms with van der Waals surface area (Å²) < 4.78 is 33.6. The average Bonchev–Trinajstić information content (AvgIpc) is 3.02. The number of fused-ring (bicyclic) bond motifs is 1. The Morgan fingerprint density at radius 1 is 1.19 bits per heavy atom. The number of esters is 1. The molecule has 7 nitrogen and oxygen atoms in total. The molecule has 3 aromatic rings. The molecule has 3 rings (SSSR count). The Bertz CT molecular complexity index is 967. The first-order chi connectivity index (χ1) is 12.5. The van der Waals surface area contributed by atoms with Gasteiger partial charge in [-0.25, -0.2) is 22.9 Å². The molecule has 2 N–H and O–H groups in total. The Labute approximate surface area is 146 Å². The van der Waals surface area contributed by atoms with E-state index in [2.05, 4.69) is 15.7 Å². The van der Waals surface area contributed by atoms with Gasteiger partial charge in [0.05, 0.1) is 18.3 Å². The molecule has 0 atom stereocenters. The number of aromatic nitrogens is 2. The molecule has 2 aromatic heterocycles. The highest BCUT2D eigenvalue weighted by molar-refractivity contribution is 6.01. The van der Waals surface area contributed by atoms with E-state index in [0.29, 0.717) is 11.2 Å². The van der Waals surface area contributed by atoms with Crippen LogP contribution in [0.1, 0.15) is 17.3 Å². The number of hydrogen-bond acceptors (Lipinski definition) is 4. The summed E-state index contributed by atoms with van der Waals surface area (Å²) in [7, 11) is 0. The number of halogens is 2. The number of ether oxygens (including phenoxy) is 1. The molecule has 0 radical (unpaired) electrons. The monoisotopic (exact) mass is 360 g/mol. The van der Waals surface area contributed by atoms with E-state index >= 15 is 0 Å². The van der Waals surface area contributed by atoms with Crippen molar-refractivity contribution in [2.45, 2.75) is 6.92 Å². The van der Waals surface area contributed by atoms with Crippen molar-refractivity contribution in [3.63, 3.8) is 0 Å². The van der Waals surface area contributed by atoms with E-state index in [0.717, 1.165) is 12.1 Å². The minimum absolute atomic E-state index is 0.213. The fourth-order valence-corrected chi connectivity index (χ4v) is 2.32. The molecule has 0 unspecified atom stereocenters. The van der Waals surface area contributed by atoms with Crippen molar-refractivity contribution in [1.82, 2.24) is 9.61 Å². The van der Waals surface area contributed by atoms with Gasteiger partial charge in [0.25, 0.3) is 0 Å². The third-order valence-electron chi connectivity index (χ3n) is 3.48. The second-order valence-corrected chi connectivity index (χ2v) is 5.20. The molecule has 2 heterocycles. The van der Waals surface area contributed by atoms with Crippen LogP contribution in [0.15, 0.2) is 42.7 Å². The molecule has 0 aliphatic carbocycles. The Hall–Kier alpha value is -3.49. The molecule has 134 valence electrons. The smallest absolute Gasteiger partial charge is 0.341 e. The summed E-state index contributed by atoms with van der Waals surface area (Å²) in [5.74, 6) is -2.33. The lowest BCUT2D eigenvalue weighted by Gasteiger charge is -2.09. The van der Waals surface area contributed by atoms with Gasteiger partial charge in [0, 0.05) is 11.9 Å². The lowest BCUT2D eigenvalue weighted by atomic mass is 10.2. The number of rotatable bonds is 4. The SMILES string of the molecule is CCOC(=O)c1cnn2ccc(NC(=O)Nc3c(F)cccc3F)cc12. The van der Waals surface area contributed by atoms with Gasteiger partial charge in [-0.1, -0.05) is 6.07 Å². The van der Waals surface area contributed by atoms with Crippen LogP contribution in [-0.4, -0.2) is 28.2 Å². The van der Waals surface area contributed by atoms with E-state index in [9.17, 15) is 18.4 Å². The third kappa shape index (κ3) is 3.46. The maximum Gasteiger partial charge on any atom is 0.341 e. The van der Waals surface area contributed by atoms with Crippen molar-refractivity contribution in [1.29, 1.82) is 0 Å². The van der Waals surface area contributed by atoms with Crippen molar-refractivity contribution in [3.8, 4) is 0 Å². The lowest BCUT2D eigenvalue weighted by molar-refractivity contribution is 0.0528. The fourth-order valence-electron chi connectivity index (χ4n) is 2.32. The number of hydrogen-bond donors (Lipinski definition) is 2. The predicted molar refractivity (Wildman–Crippen MR) is 90.1 cm³/mol. The normalized spacial score (nSPS) is 10.6. The third-order valence-corrected chi connectivity index (χ3v) is 3.48. The van der Waals surface area contributed by atoms with E-state index < -0.39 is 29.3 Å². The molecule has 0 aliphatic heterocycles. The topological polar surface area (TPSA) is 84.7 Å². The van der Waals surface area contributed by atoms with Gasteiger partial charge in [-0.2, -0.15) is 5.10 Å². The van der Waals surface area contributed by atoms with E-state index in [-0.39, 0.29) is 12.2 Å². The Balaban J connectivity index is 1.81. The van der Waals surface area contributed by atoms with E-state index in [1.165, 1.54) is 35.1 Å². The largest absolute Gasteiger partial charge is 0.462 e. The van der Waals surface area contributed by atoms with Crippen molar-refractivity contribution in [2.75, 3.05) is 17.2 Å². The van der Waals surface area contributed by atoms with Crippen LogP contribution in [-0.2, 0) is 4.74 Å². The number of carbonyl (C=O) groups excluding carboxylic acids is 2. The second kappa shape index (κ2) is 7.18. The molecular formula is C17H14F2N4O3. The van der Waals surface area contributed by atoms with Crippen molar-refractivity contribution >= 4 is 28.9 Å². The highest BCUT2D eigenvalue weighted by atomic mass is 19.1. The van der Waals surface area contributed by atoms with Gasteiger partial charge in [0.2, 0.25) is 0 Å². The van der Waals surface area contributed by atoms with E-state index in [4.69, 9.17) is 4.74 Å². The number of nitrogens with one attached hydrogen (secondary N) is 2. The van der Waals surface area contributed by atoms with Crippen LogP contribution in [0.3, 0.4) is 0 Å². The molecule has 9 heteroatoms. The molecule has 26 heavy (non-hydrogen) atoms. The van der Waals surface area contributed by atoms with Gasteiger partial charge in [0.1, 0.15) is 22.9 Å². The van der Waals surface area contributed by atoms with Gasteiger partial charge in [-0.3, -0.25) is 0 Å². The van der Waals surface area contributed by atoms with Crippen molar-refractivity contribution in [2.24, 2.45) is 0 Å². The first-order valence-corrected chi connectivity index (χ1v) is 7.66. The number of benzene rings is 1. The Kier molecular flexibility index (Phi) is 4.78. The van der Waals surface area contributed by atoms with Crippen molar-refractivity contribution < 1.29 is 23.1 Å². The summed E-state index contributed by atoms with van der Waals surface area (Å²) in [5.41, 5.74) is 0.398. The average molecular weight is 360 g/mol. The Morgan fingerprint density at radius 3 is 2.62 bits per heavy atom. The molecule has 1 aromatic carbocycles. The maximum absolute atomic E-state index is 13.6. The van der Waals surface area contributed by atoms with Gasteiger partial charge in [0.15, 0.2) is 0 Å². The summed E-state index contributed by atoms with van der Waals surface area (Å²) in [5, 5.41) is 8.58. The van der Waals surface area contributed by atoms with Crippen LogP contribution >= 0.6 is 0 Å². The maximum atomic E-state index is 13.6. The molecular weight excluding hydrogens is 346 g/mol. The summed E-state index contributed by atoms with van der Waals surface area (Å²) in [6.45, 7) is 1.90. The summed E-state index contributed by atoms with van der Waals surface area (Å²) in [6, 6.07) is 5.43. The molecule has 0 fully saturated rings. The molecule has 0 saturated heterocycles. The quantitative estimate of drug-likeness (QED) is 0.698. The first kappa shape index (κ1) is 17.3. The van der Waals surface area contributed by atoms with E-state index in [1.807, 2.05) is 0 Å². The summed E-state index contributed by atoms with van der Waals surface area (Å²) in [6.07, 6.45) is 2.88. The number of pyridine rings is 1. The van der Waals surface area contributed by atoms with Crippen LogP contribution in [0.4, 0.5) is 25.0 Å². The van der Waals surface area contributed by atoms with Gasteiger partial charge < -0.3 is 15.4 Å². The van der Waals surface area contributed by atoms with E-state index in [1.54, 1.807) is 6.92 Å². The van der Waals surface area contributed by atoms with Crippen molar-refractivity contribution in [3.05, 3.63) is 59.9 Å². The van der Waals surface area contributed by atoms with Crippen LogP contribution in [0, 0.1) is 11.6 Å². The fraction of sp³-hybridized carbons (Fsp3) is 0.118. The number of amides is 2. The lowest BCUT2D eigenvalue weighted by Crippen LogP contribution is -2.21. The number of urea groups is 1. The zero-order valence-electron chi connectivity index (χ0n) is 13.6. The summed E-state index contributed by atoms with van der Waals surface area (Å²) in [4.78, 5) is 23.9. The standard InChI is InChI=1S/C17H14F2N4O3/c1-2-26-16(24)11-9-20-23-7-6-10(8-14(11)23)21-17(25)22-15-12(18)4-3-5-13(15)19/h3-9H,2H2,1H3,(H2,21,22,25). The zero-order chi connectivity index (χ0) is 18.7. The van der Waals surface area contributed by atoms with Crippen LogP contribution < -0.4 is 10.6 Å². The van der Waals surface area contributed by atoms with Crippen LogP contribution in [0.5, 0.6) is 0 Å². The van der Waals surface area contributed by atoms with Gasteiger partial charge in [-0.05, 0) is 31.2 Å². The summed E-state index contributed by atoms with van der Waals surface area (Å²) >= 11 is 0. The zero-order valence-corrected chi connectivity index (χ0v) is 13.6. The highest BCUT2D eigenvalue weighted by Crippen LogP contribution is 2.20. The number of para-hydroxylation sites is 1. The van der Waals surface area contributed by atoms with Crippen LogP contribution in [0.2, 0.25) is 0 Å². The second-order valence-electron chi connectivity index (χ2n) is 5.20. The predicted octanol–water partition coefficient (Wildman–Crippen LogP) is 3.43. The minimum atomic E-state index is -0.893. The molecule has 0 aliphatic rings. The molecule has 0 bridgehead atoms. The Morgan fingerprint density at radius 2 is 1.92 bits per heavy atom. The number of anilines is 2. The van der Waals surface area contributed by atoms with Gasteiger partial charge >= 0.3 is 12.0 Å².